The van der Waals surface area contributed by atoms with Gasteiger partial charge < -0.3 is 20.1 Å². The van der Waals surface area contributed by atoms with E-state index in [-0.39, 0.29) is 0 Å². The number of hydrogen-bond acceptors (Lipinski definition) is 3. The van der Waals surface area contributed by atoms with Crippen LogP contribution in [0.15, 0.2) is 23.2 Å². The summed E-state index contributed by atoms with van der Waals surface area (Å²) >= 11 is 0. The highest BCUT2D eigenvalue weighted by Gasteiger charge is 1.99. The molecule has 0 spiro atoms. The third kappa shape index (κ3) is 7.88. The maximum absolute atomic E-state index is 5.77. The van der Waals surface area contributed by atoms with Gasteiger partial charge in [0, 0.05) is 13.2 Å². The fraction of sp³-hybridized carbons (Fsp3) is 0.588. The Kier molecular flexibility index (Phi) is 9.07. The topological polar surface area (TPSA) is 54.9 Å². The summed E-state index contributed by atoms with van der Waals surface area (Å²) in [5.74, 6) is 1.71. The van der Waals surface area contributed by atoms with Crippen molar-refractivity contribution in [1.82, 2.24) is 10.6 Å². The van der Waals surface area contributed by atoms with Gasteiger partial charge in [-0.05, 0) is 51.0 Å². The molecule has 0 bridgehead atoms. The summed E-state index contributed by atoms with van der Waals surface area (Å²) in [5.41, 5.74) is 2.43. The molecule has 0 aliphatic heterocycles. The molecule has 0 radical (unpaired) electrons. The highest BCUT2D eigenvalue weighted by atomic mass is 16.5. The molecule has 1 rings (SSSR count). The maximum atomic E-state index is 5.77. The first-order valence-corrected chi connectivity index (χ1v) is 7.96. The molecule has 22 heavy (non-hydrogen) atoms. The molecule has 1 aromatic rings. The van der Waals surface area contributed by atoms with Crippen molar-refractivity contribution in [2.75, 3.05) is 39.5 Å². The smallest absolute Gasteiger partial charge is 0.191 e. The Morgan fingerprint density at radius 2 is 1.77 bits per heavy atom. The lowest BCUT2D eigenvalue weighted by molar-refractivity contribution is 0.155. The molecule has 0 aromatic heterocycles. The standard InChI is InChI=1S/C17H29N3O2/c1-5-18-17(19-7-9-21-6-2)20-8-10-22-16-12-14(3)11-15(4)13-16/h11-13H,5-10H2,1-4H3,(H2,18,19,20). The van der Waals surface area contributed by atoms with Crippen molar-refractivity contribution in [1.29, 1.82) is 0 Å². The van der Waals surface area contributed by atoms with Gasteiger partial charge in [-0.15, -0.1) is 0 Å². The molecule has 0 aliphatic rings. The molecular formula is C17H29N3O2. The molecule has 2 N–H and O–H groups in total. The second-order valence-electron chi connectivity index (χ2n) is 5.06. The molecule has 124 valence electrons. The van der Waals surface area contributed by atoms with Crippen LogP contribution in [0.2, 0.25) is 0 Å². The van der Waals surface area contributed by atoms with Gasteiger partial charge in [0.1, 0.15) is 12.4 Å². The molecule has 0 saturated heterocycles. The Hall–Kier alpha value is -1.75. The average molecular weight is 307 g/mol. The molecule has 0 unspecified atom stereocenters. The van der Waals surface area contributed by atoms with E-state index >= 15 is 0 Å². The zero-order valence-electron chi connectivity index (χ0n) is 14.2. The van der Waals surface area contributed by atoms with E-state index in [1.54, 1.807) is 0 Å². The second kappa shape index (κ2) is 10.9. The van der Waals surface area contributed by atoms with Gasteiger partial charge in [-0.25, -0.2) is 0 Å². The van der Waals surface area contributed by atoms with E-state index in [0.29, 0.717) is 26.3 Å². The summed E-state index contributed by atoms with van der Waals surface area (Å²) in [7, 11) is 0. The number of hydrogen-bond donors (Lipinski definition) is 2. The van der Waals surface area contributed by atoms with Crippen LogP contribution in [0.4, 0.5) is 0 Å². The Morgan fingerprint density at radius 1 is 1.05 bits per heavy atom. The monoisotopic (exact) mass is 307 g/mol. The first-order valence-electron chi connectivity index (χ1n) is 7.96. The summed E-state index contributed by atoms with van der Waals surface area (Å²) in [6.45, 7) is 12.3. The fourth-order valence-electron chi connectivity index (χ4n) is 2.06. The molecular weight excluding hydrogens is 278 g/mol. The third-order valence-corrected chi connectivity index (χ3v) is 2.91. The van der Waals surface area contributed by atoms with E-state index in [9.17, 15) is 0 Å². The first-order chi connectivity index (χ1) is 10.7. The van der Waals surface area contributed by atoms with Crippen LogP contribution in [0.3, 0.4) is 0 Å². The first kappa shape index (κ1) is 18.3. The predicted octanol–water partition coefficient (Wildman–Crippen LogP) is 2.27. The molecule has 5 nitrogen and oxygen atoms in total. The number of nitrogens with zero attached hydrogens (tertiary/aromatic N) is 1. The van der Waals surface area contributed by atoms with Crippen LogP contribution >= 0.6 is 0 Å². The van der Waals surface area contributed by atoms with Gasteiger partial charge >= 0.3 is 0 Å². The normalized spacial score (nSPS) is 11.4. The lowest BCUT2D eigenvalue weighted by Gasteiger charge is -2.12. The summed E-state index contributed by atoms with van der Waals surface area (Å²) in [5, 5.41) is 6.46. The van der Waals surface area contributed by atoms with Crippen LogP contribution in [0, 0.1) is 13.8 Å². The van der Waals surface area contributed by atoms with E-state index in [0.717, 1.165) is 24.9 Å². The van der Waals surface area contributed by atoms with Gasteiger partial charge in [-0.1, -0.05) is 6.07 Å². The summed E-state index contributed by atoms with van der Waals surface area (Å²) < 4.78 is 11.0. The molecule has 0 amide bonds. The number of aliphatic imine (C=N–C) groups is 1. The predicted molar refractivity (Wildman–Crippen MR) is 91.9 cm³/mol. The van der Waals surface area contributed by atoms with E-state index in [4.69, 9.17) is 9.47 Å². The fourth-order valence-corrected chi connectivity index (χ4v) is 2.06. The van der Waals surface area contributed by atoms with Crippen molar-refractivity contribution < 1.29 is 9.47 Å². The van der Waals surface area contributed by atoms with Gasteiger partial charge in [0.05, 0.1) is 19.7 Å². The van der Waals surface area contributed by atoms with Gasteiger partial charge in [0.2, 0.25) is 0 Å². The molecule has 1 aromatic carbocycles. The molecule has 0 saturated carbocycles. The Bertz CT molecular complexity index is 441. The molecule has 0 aliphatic carbocycles. The van der Waals surface area contributed by atoms with Crippen molar-refractivity contribution in [3.05, 3.63) is 29.3 Å². The average Bonchev–Trinajstić information content (AvgIpc) is 2.47. The molecule has 0 atom stereocenters. The largest absolute Gasteiger partial charge is 0.492 e. The number of ether oxygens (including phenoxy) is 2. The summed E-state index contributed by atoms with van der Waals surface area (Å²) in [4.78, 5) is 4.44. The van der Waals surface area contributed by atoms with Gasteiger partial charge in [0.15, 0.2) is 5.96 Å². The molecule has 0 heterocycles. The Morgan fingerprint density at radius 3 is 2.41 bits per heavy atom. The quantitative estimate of drug-likeness (QED) is 0.417. The van der Waals surface area contributed by atoms with Crippen LogP contribution in [-0.4, -0.2) is 45.4 Å². The zero-order chi connectivity index (χ0) is 16.2. The van der Waals surface area contributed by atoms with Crippen molar-refractivity contribution in [2.45, 2.75) is 27.7 Å². The van der Waals surface area contributed by atoms with Crippen LogP contribution in [-0.2, 0) is 4.74 Å². The van der Waals surface area contributed by atoms with Crippen molar-refractivity contribution in [3.63, 3.8) is 0 Å². The van der Waals surface area contributed by atoms with Crippen LogP contribution in [0.25, 0.3) is 0 Å². The lowest BCUT2D eigenvalue weighted by atomic mass is 10.1. The number of benzene rings is 1. The summed E-state index contributed by atoms with van der Waals surface area (Å²) in [6, 6.07) is 6.24. The van der Waals surface area contributed by atoms with Gasteiger partial charge in [-0.2, -0.15) is 0 Å². The van der Waals surface area contributed by atoms with Crippen molar-refractivity contribution in [3.8, 4) is 5.75 Å². The van der Waals surface area contributed by atoms with Crippen LogP contribution in [0.5, 0.6) is 5.75 Å². The Labute approximate surface area is 134 Å². The number of nitrogens with one attached hydrogen (secondary N) is 2. The highest BCUT2D eigenvalue weighted by molar-refractivity contribution is 5.79. The minimum atomic E-state index is 0.596. The minimum Gasteiger partial charge on any atom is -0.492 e. The van der Waals surface area contributed by atoms with E-state index in [1.807, 2.05) is 26.0 Å². The SMILES string of the molecule is CCNC(=NCCOCC)NCCOc1cc(C)cc(C)c1. The lowest BCUT2D eigenvalue weighted by Crippen LogP contribution is -2.39. The minimum absolute atomic E-state index is 0.596. The van der Waals surface area contributed by atoms with Crippen LogP contribution < -0.4 is 15.4 Å². The van der Waals surface area contributed by atoms with Crippen molar-refractivity contribution in [2.24, 2.45) is 4.99 Å². The van der Waals surface area contributed by atoms with E-state index < -0.39 is 0 Å². The number of guanidine groups is 1. The van der Waals surface area contributed by atoms with E-state index in [1.165, 1.54) is 11.1 Å². The summed E-state index contributed by atoms with van der Waals surface area (Å²) in [6.07, 6.45) is 0. The Balaban J connectivity index is 2.32. The highest BCUT2D eigenvalue weighted by Crippen LogP contribution is 2.15. The number of rotatable bonds is 9. The van der Waals surface area contributed by atoms with Gasteiger partial charge in [-0.3, -0.25) is 4.99 Å². The van der Waals surface area contributed by atoms with Crippen LogP contribution in [0.1, 0.15) is 25.0 Å². The van der Waals surface area contributed by atoms with Crippen molar-refractivity contribution >= 4 is 5.96 Å². The maximum Gasteiger partial charge on any atom is 0.191 e. The molecule has 0 fully saturated rings. The van der Waals surface area contributed by atoms with Gasteiger partial charge in [0.25, 0.3) is 0 Å². The van der Waals surface area contributed by atoms with E-state index in [2.05, 4.69) is 35.5 Å². The molecule has 5 heteroatoms. The second-order valence-corrected chi connectivity index (χ2v) is 5.06. The number of aryl methyl sites for hydroxylation is 2. The third-order valence-electron chi connectivity index (χ3n) is 2.91. The zero-order valence-corrected chi connectivity index (χ0v) is 14.2.